The molecule has 2 aromatic carbocycles. The molecule has 1 aliphatic carbocycles. The Kier molecular flexibility index (Phi) is 3.65. The van der Waals surface area contributed by atoms with E-state index in [4.69, 9.17) is 0 Å². The van der Waals surface area contributed by atoms with Gasteiger partial charge < -0.3 is 0 Å². The average molecular weight is 264 g/mol. The highest BCUT2D eigenvalue weighted by Gasteiger charge is 2.26. The summed E-state index contributed by atoms with van der Waals surface area (Å²) in [6, 6.07) is 18.2. The Hall–Kier alpha value is -1.56. The fraction of sp³-hybridized carbons (Fsp3) is 0.400. The normalized spacial score (nSPS) is 21.8. The van der Waals surface area contributed by atoms with E-state index >= 15 is 0 Å². The molecule has 0 unspecified atom stereocenters. The molecule has 0 aromatic heterocycles. The van der Waals surface area contributed by atoms with Crippen molar-refractivity contribution in [1.29, 1.82) is 0 Å². The fourth-order valence-corrected chi connectivity index (χ4v) is 3.46. The minimum Gasteiger partial charge on any atom is -0.0622 e. The van der Waals surface area contributed by atoms with E-state index in [2.05, 4.69) is 69.3 Å². The molecule has 0 bridgehead atoms. The quantitative estimate of drug-likeness (QED) is 0.639. The van der Waals surface area contributed by atoms with Gasteiger partial charge in [-0.3, -0.25) is 0 Å². The monoisotopic (exact) mass is 264 g/mol. The van der Waals surface area contributed by atoms with E-state index in [9.17, 15) is 0 Å². The molecule has 0 nitrogen and oxygen atoms in total. The summed E-state index contributed by atoms with van der Waals surface area (Å²) in [7, 11) is 0. The zero-order valence-corrected chi connectivity index (χ0v) is 12.8. The Morgan fingerprint density at radius 2 is 1.65 bits per heavy atom. The van der Waals surface area contributed by atoms with E-state index < -0.39 is 0 Å². The van der Waals surface area contributed by atoms with E-state index in [-0.39, 0.29) is 0 Å². The average Bonchev–Trinajstić information content (AvgIpc) is 2.48. The van der Waals surface area contributed by atoms with Crippen LogP contribution < -0.4 is 0 Å². The third-order valence-corrected chi connectivity index (χ3v) is 4.77. The number of benzene rings is 2. The second-order valence-electron chi connectivity index (χ2n) is 6.48. The van der Waals surface area contributed by atoms with Gasteiger partial charge in [-0.1, -0.05) is 69.3 Å². The maximum atomic E-state index is 2.46. The zero-order valence-electron chi connectivity index (χ0n) is 12.8. The lowest BCUT2D eigenvalue weighted by atomic mass is 9.74. The van der Waals surface area contributed by atoms with E-state index in [0.717, 1.165) is 0 Å². The second kappa shape index (κ2) is 5.44. The third-order valence-electron chi connectivity index (χ3n) is 4.77. The van der Waals surface area contributed by atoms with Gasteiger partial charge in [0, 0.05) is 5.92 Å². The highest BCUT2D eigenvalue weighted by Crippen LogP contribution is 2.42. The Labute approximate surface area is 122 Å². The van der Waals surface area contributed by atoms with Crippen LogP contribution in [-0.4, -0.2) is 0 Å². The molecule has 0 heteroatoms. The van der Waals surface area contributed by atoms with Crippen molar-refractivity contribution >= 4 is 0 Å². The van der Waals surface area contributed by atoms with Gasteiger partial charge in [-0.2, -0.15) is 0 Å². The number of fused-ring (bicyclic) bond motifs is 1. The topological polar surface area (TPSA) is 0 Å². The van der Waals surface area contributed by atoms with Crippen LogP contribution in [0.4, 0.5) is 0 Å². The summed E-state index contributed by atoms with van der Waals surface area (Å²) in [5.41, 5.74) is 6.08. The van der Waals surface area contributed by atoms with Crippen LogP contribution in [0.3, 0.4) is 0 Å². The van der Waals surface area contributed by atoms with Crippen molar-refractivity contribution in [3.8, 4) is 0 Å². The van der Waals surface area contributed by atoms with Crippen LogP contribution in [0.5, 0.6) is 0 Å². The minimum atomic E-state index is 0.587. The van der Waals surface area contributed by atoms with Crippen LogP contribution in [-0.2, 0) is 0 Å². The number of hydrogen-bond donors (Lipinski definition) is 0. The summed E-state index contributed by atoms with van der Waals surface area (Å²) in [4.78, 5) is 0. The van der Waals surface area contributed by atoms with Crippen molar-refractivity contribution in [1.82, 2.24) is 0 Å². The lowest BCUT2D eigenvalue weighted by Crippen LogP contribution is -2.14. The maximum Gasteiger partial charge on any atom is 0.00923 e. The highest BCUT2D eigenvalue weighted by molar-refractivity contribution is 5.44. The molecule has 0 N–H and O–H groups in total. The summed E-state index contributed by atoms with van der Waals surface area (Å²) >= 11 is 0. The van der Waals surface area contributed by atoms with Crippen LogP contribution in [0.1, 0.15) is 73.6 Å². The van der Waals surface area contributed by atoms with Crippen molar-refractivity contribution in [3.63, 3.8) is 0 Å². The van der Waals surface area contributed by atoms with Crippen molar-refractivity contribution in [2.45, 2.75) is 51.4 Å². The predicted molar refractivity (Wildman–Crippen MR) is 86.5 cm³/mol. The molecule has 2 atom stereocenters. The second-order valence-corrected chi connectivity index (χ2v) is 6.48. The molecular formula is C20H24. The van der Waals surface area contributed by atoms with Gasteiger partial charge >= 0.3 is 0 Å². The van der Waals surface area contributed by atoms with E-state index in [1.807, 2.05) is 0 Å². The summed E-state index contributed by atoms with van der Waals surface area (Å²) in [6.45, 7) is 6.94. The lowest BCUT2D eigenvalue weighted by molar-refractivity contribution is 0.544. The third kappa shape index (κ3) is 2.40. The lowest BCUT2D eigenvalue weighted by Gasteiger charge is -2.31. The molecule has 0 spiro atoms. The first-order valence-electron chi connectivity index (χ1n) is 7.85. The molecule has 2 aromatic rings. The molecule has 3 rings (SSSR count). The molecule has 20 heavy (non-hydrogen) atoms. The number of rotatable bonds is 2. The minimum absolute atomic E-state index is 0.587. The summed E-state index contributed by atoms with van der Waals surface area (Å²) < 4.78 is 0. The molecule has 104 valence electrons. The first-order chi connectivity index (χ1) is 9.66. The first kappa shape index (κ1) is 13.4. The summed E-state index contributed by atoms with van der Waals surface area (Å²) in [6.07, 6.45) is 2.58. The fourth-order valence-electron chi connectivity index (χ4n) is 3.46. The number of hydrogen-bond acceptors (Lipinski definition) is 0. The van der Waals surface area contributed by atoms with Gasteiger partial charge in [-0.25, -0.2) is 0 Å². The first-order valence-corrected chi connectivity index (χ1v) is 7.85. The maximum absolute atomic E-state index is 2.46. The Balaban J connectivity index is 2.06. The van der Waals surface area contributed by atoms with Crippen molar-refractivity contribution in [2.24, 2.45) is 0 Å². The molecule has 0 fully saturated rings. The van der Waals surface area contributed by atoms with Gasteiger partial charge in [0.2, 0.25) is 0 Å². The van der Waals surface area contributed by atoms with Crippen LogP contribution in [0.25, 0.3) is 0 Å². The Bertz CT molecular complexity index is 580. The van der Waals surface area contributed by atoms with Crippen LogP contribution in [0.2, 0.25) is 0 Å². The van der Waals surface area contributed by atoms with Crippen molar-refractivity contribution in [3.05, 3.63) is 70.8 Å². The van der Waals surface area contributed by atoms with Crippen molar-refractivity contribution < 1.29 is 0 Å². The largest absolute Gasteiger partial charge is 0.0622 e. The van der Waals surface area contributed by atoms with Gasteiger partial charge in [0.25, 0.3) is 0 Å². The molecule has 1 aliphatic rings. The van der Waals surface area contributed by atoms with Crippen LogP contribution >= 0.6 is 0 Å². The van der Waals surface area contributed by atoms with Gasteiger partial charge in [-0.15, -0.1) is 0 Å². The van der Waals surface area contributed by atoms with E-state index in [0.29, 0.717) is 17.8 Å². The summed E-state index contributed by atoms with van der Waals surface area (Å²) in [5.74, 6) is 1.90. The standard InChI is InChI=1S/C20H24/c1-14(2)17-10-12-19-18(16-7-5-4-6-8-16)11-9-15(3)20(19)13-17/h4-8,10,12-15,18H,9,11H2,1-3H3/t15-,18-/m0/s1. The zero-order chi connectivity index (χ0) is 14.1. The van der Waals surface area contributed by atoms with Gasteiger partial charge in [0.15, 0.2) is 0 Å². The molecule has 0 aliphatic heterocycles. The smallest absolute Gasteiger partial charge is 0.00923 e. The molecule has 0 saturated heterocycles. The molecular weight excluding hydrogens is 240 g/mol. The molecule has 0 heterocycles. The SMILES string of the molecule is CC(C)c1ccc2c(c1)[C@@H](C)CC[C@H]2c1ccccc1. The van der Waals surface area contributed by atoms with Crippen molar-refractivity contribution in [2.75, 3.05) is 0 Å². The Morgan fingerprint density at radius 3 is 2.35 bits per heavy atom. The van der Waals surface area contributed by atoms with E-state index in [1.54, 1.807) is 11.1 Å². The van der Waals surface area contributed by atoms with E-state index in [1.165, 1.54) is 24.0 Å². The van der Waals surface area contributed by atoms with Crippen LogP contribution in [0.15, 0.2) is 48.5 Å². The molecule has 0 saturated carbocycles. The highest BCUT2D eigenvalue weighted by atomic mass is 14.3. The molecule has 0 radical (unpaired) electrons. The molecule has 0 amide bonds. The predicted octanol–water partition coefficient (Wildman–Crippen LogP) is 5.84. The summed E-state index contributed by atoms with van der Waals surface area (Å²) in [5, 5.41) is 0. The van der Waals surface area contributed by atoms with Gasteiger partial charge in [0.05, 0.1) is 0 Å². The van der Waals surface area contributed by atoms with Gasteiger partial charge in [-0.05, 0) is 46.9 Å². The van der Waals surface area contributed by atoms with Gasteiger partial charge in [0.1, 0.15) is 0 Å². The van der Waals surface area contributed by atoms with Crippen LogP contribution in [0, 0.1) is 0 Å². The Morgan fingerprint density at radius 1 is 0.900 bits per heavy atom.